The number of aromatic carboxylic acids is 1. The van der Waals surface area contributed by atoms with Gasteiger partial charge in [0.2, 0.25) is 0 Å². The van der Waals surface area contributed by atoms with Crippen molar-refractivity contribution in [3.8, 4) is 11.1 Å². The van der Waals surface area contributed by atoms with E-state index in [1.807, 2.05) is 0 Å². The minimum absolute atomic E-state index is 0.242. The predicted molar refractivity (Wildman–Crippen MR) is 58.8 cm³/mol. The first-order valence-corrected chi connectivity index (χ1v) is 4.76. The maximum atomic E-state index is 12.7. The molecule has 0 aromatic heterocycles. The van der Waals surface area contributed by atoms with Gasteiger partial charge in [0.15, 0.2) is 0 Å². The van der Waals surface area contributed by atoms with E-state index in [1.54, 1.807) is 24.3 Å². The van der Waals surface area contributed by atoms with E-state index < -0.39 is 5.97 Å². The predicted octanol–water partition coefficient (Wildman–Crippen LogP) is 3.19. The zero-order chi connectivity index (χ0) is 11.5. The third-order valence-corrected chi connectivity index (χ3v) is 2.31. The molecule has 2 aromatic rings. The van der Waals surface area contributed by atoms with Gasteiger partial charge in [-0.2, -0.15) is 0 Å². The summed E-state index contributed by atoms with van der Waals surface area (Å²) in [5.41, 5.74) is 1.97. The monoisotopic (exact) mass is 215 g/mol. The van der Waals surface area contributed by atoms with Gasteiger partial charge in [-0.05, 0) is 35.4 Å². The Kier molecular flexibility index (Phi) is 2.68. The number of benzene rings is 2. The van der Waals surface area contributed by atoms with Crippen LogP contribution < -0.4 is 0 Å². The highest BCUT2D eigenvalue weighted by Gasteiger charge is 2.02. The van der Waals surface area contributed by atoms with Crippen LogP contribution in [0.3, 0.4) is 0 Å². The molecular formula is C13H9FO2. The van der Waals surface area contributed by atoms with E-state index in [0.29, 0.717) is 0 Å². The molecule has 2 rings (SSSR count). The van der Waals surface area contributed by atoms with Crippen molar-refractivity contribution in [1.29, 1.82) is 0 Å². The Labute approximate surface area is 92.0 Å². The first-order chi connectivity index (χ1) is 7.66. The van der Waals surface area contributed by atoms with Crippen molar-refractivity contribution < 1.29 is 14.3 Å². The lowest BCUT2D eigenvalue weighted by Crippen LogP contribution is -1.94. The van der Waals surface area contributed by atoms with E-state index in [2.05, 4.69) is 0 Å². The molecule has 0 saturated carbocycles. The minimum Gasteiger partial charge on any atom is -0.478 e. The maximum absolute atomic E-state index is 12.7. The molecule has 16 heavy (non-hydrogen) atoms. The van der Waals surface area contributed by atoms with Crippen molar-refractivity contribution in [3.63, 3.8) is 0 Å². The molecule has 2 nitrogen and oxygen atoms in total. The number of rotatable bonds is 2. The maximum Gasteiger partial charge on any atom is 0.335 e. The fraction of sp³-hybridized carbons (Fsp3) is 0. The summed E-state index contributed by atoms with van der Waals surface area (Å²) in [6, 6.07) is 12.5. The van der Waals surface area contributed by atoms with Crippen LogP contribution in [0, 0.1) is 5.82 Å². The molecule has 0 bridgehead atoms. The average Bonchev–Trinajstić information content (AvgIpc) is 2.30. The average molecular weight is 215 g/mol. The van der Waals surface area contributed by atoms with Crippen molar-refractivity contribution in [1.82, 2.24) is 0 Å². The molecule has 0 aliphatic carbocycles. The van der Waals surface area contributed by atoms with Gasteiger partial charge in [0.1, 0.15) is 5.82 Å². The Morgan fingerprint density at radius 2 is 1.31 bits per heavy atom. The molecule has 1 N–H and O–H groups in total. The quantitative estimate of drug-likeness (QED) is 0.835. The van der Waals surface area contributed by atoms with E-state index in [9.17, 15) is 9.18 Å². The molecule has 0 saturated heterocycles. The second-order valence-electron chi connectivity index (χ2n) is 3.39. The Balaban J connectivity index is 2.34. The molecule has 0 amide bonds. The SMILES string of the molecule is O=C(O)c1ccc(-c2ccc([18F])cc2)cc1. The summed E-state index contributed by atoms with van der Waals surface area (Å²) >= 11 is 0. The molecule has 0 fully saturated rings. The zero-order valence-electron chi connectivity index (χ0n) is 8.35. The molecule has 0 atom stereocenters. The van der Waals surface area contributed by atoms with Crippen LogP contribution >= 0.6 is 0 Å². The fourth-order valence-corrected chi connectivity index (χ4v) is 1.45. The third-order valence-electron chi connectivity index (χ3n) is 2.31. The molecule has 0 unspecified atom stereocenters. The second kappa shape index (κ2) is 4.14. The van der Waals surface area contributed by atoms with Crippen molar-refractivity contribution in [2.24, 2.45) is 0 Å². The van der Waals surface area contributed by atoms with Crippen LogP contribution in [0.5, 0.6) is 0 Å². The second-order valence-corrected chi connectivity index (χ2v) is 3.39. The molecule has 3 heteroatoms. The van der Waals surface area contributed by atoms with E-state index in [0.717, 1.165) is 11.1 Å². The van der Waals surface area contributed by atoms with Crippen LogP contribution in [-0.2, 0) is 0 Å². The van der Waals surface area contributed by atoms with Gasteiger partial charge < -0.3 is 5.11 Å². The van der Waals surface area contributed by atoms with Crippen LogP contribution in [0.15, 0.2) is 48.5 Å². The molecule has 0 aliphatic heterocycles. The summed E-state index contributed by atoms with van der Waals surface area (Å²) in [7, 11) is 0. The lowest BCUT2D eigenvalue weighted by Gasteiger charge is -2.01. The summed E-state index contributed by atoms with van der Waals surface area (Å²) in [5, 5.41) is 8.73. The highest BCUT2D eigenvalue weighted by molar-refractivity contribution is 5.88. The summed E-state index contributed by atoms with van der Waals surface area (Å²) in [6.45, 7) is 0. The summed E-state index contributed by atoms with van der Waals surface area (Å²) in [5.74, 6) is -1.24. The Morgan fingerprint density at radius 1 is 0.875 bits per heavy atom. The van der Waals surface area contributed by atoms with Crippen molar-refractivity contribution in [2.45, 2.75) is 0 Å². The van der Waals surface area contributed by atoms with E-state index in [1.165, 1.54) is 24.3 Å². The van der Waals surface area contributed by atoms with Gasteiger partial charge in [0.25, 0.3) is 0 Å². The van der Waals surface area contributed by atoms with Gasteiger partial charge in [0, 0.05) is 0 Å². The van der Waals surface area contributed by atoms with Gasteiger partial charge in [0.05, 0.1) is 5.56 Å². The van der Waals surface area contributed by atoms with Gasteiger partial charge >= 0.3 is 5.97 Å². The molecule has 0 radical (unpaired) electrons. The summed E-state index contributed by atoms with van der Waals surface area (Å²) in [4.78, 5) is 10.6. The number of carboxylic acid groups (broad SMARTS) is 1. The topological polar surface area (TPSA) is 37.3 Å². The molecule has 0 spiro atoms. The van der Waals surface area contributed by atoms with Crippen LogP contribution in [0.25, 0.3) is 11.1 Å². The third kappa shape index (κ3) is 2.08. The van der Waals surface area contributed by atoms with Gasteiger partial charge in [-0.15, -0.1) is 0 Å². The number of hydrogen-bond donors (Lipinski definition) is 1. The molecule has 0 aliphatic rings. The van der Waals surface area contributed by atoms with Gasteiger partial charge in [-0.1, -0.05) is 24.3 Å². The largest absolute Gasteiger partial charge is 0.478 e. The Morgan fingerprint density at radius 3 is 1.75 bits per heavy atom. The standard InChI is InChI=1S/C13H9FO2/c14-12-7-5-10(6-8-12)9-1-3-11(4-2-9)13(15)16/h1-8H,(H,15,16)/i14-1. The first-order valence-electron chi connectivity index (χ1n) is 4.76. The first kappa shape index (κ1) is 10.4. The van der Waals surface area contributed by atoms with Crippen LogP contribution in [0.2, 0.25) is 0 Å². The van der Waals surface area contributed by atoms with E-state index in [-0.39, 0.29) is 11.4 Å². The van der Waals surface area contributed by atoms with Crippen LogP contribution in [-0.4, -0.2) is 11.1 Å². The highest BCUT2D eigenvalue weighted by atomic mass is 18.2. The van der Waals surface area contributed by atoms with Crippen LogP contribution in [0.1, 0.15) is 10.4 Å². The lowest BCUT2D eigenvalue weighted by atomic mass is 10.0. The van der Waals surface area contributed by atoms with Crippen LogP contribution in [0.4, 0.5) is 4.39 Å². The zero-order valence-corrected chi connectivity index (χ0v) is 8.35. The summed E-state index contributed by atoms with van der Waals surface area (Å²) in [6.07, 6.45) is 0. The Bertz CT molecular complexity index is 500. The number of carbonyl (C=O) groups is 1. The minimum atomic E-state index is -0.953. The molecular weight excluding hydrogens is 206 g/mol. The van der Waals surface area contributed by atoms with Crippen molar-refractivity contribution >= 4 is 5.97 Å². The number of hydrogen-bond acceptors (Lipinski definition) is 1. The number of carboxylic acids is 1. The molecule has 0 heterocycles. The molecule has 80 valence electrons. The molecule has 2 aromatic carbocycles. The smallest absolute Gasteiger partial charge is 0.335 e. The number of halogens is 1. The fourth-order valence-electron chi connectivity index (χ4n) is 1.45. The van der Waals surface area contributed by atoms with Gasteiger partial charge in [-0.25, -0.2) is 9.18 Å². The summed E-state index contributed by atoms with van der Waals surface area (Å²) < 4.78 is 12.7. The lowest BCUT2D eigenvalue weighted by molar-refractivity contribution is 0.0697. The van der Waals surface area contributed by atoms with Crippen molar-refractivity contribution in [3.05, 3.63) is 59.9 Å². The highest BCUT2D eigenvalue weighted by Crippen LogP contribution is 2.19. The van der Waals surface area contributed by atoms with E-state index >= 15 is 0 Å². The Hall–Kier alpha value is -2.16. The van der Waals surface area contributed by atoms with Crippen molar-refractivity contribution in [2.75, 3.05) is 0 Å². The normalized spacial score (nSPS) is 10.1. The van der Waals surface area contributed by atoms with E-state index in [4.69, 9.17) is 5.11 Å². The van der Waals surface area contributed by atoms with Gasteiger partial charge in [-0.3, -0.25) is 0 Å².